The van der Waals surface area contributed by atoms with E-state index in [9.17, 15) is 0 Å². The third-order valence-electron chi connectivity index (χ3n) is 14.3. The summed E-state index contributed by atoms with van der Waals surface area (Å²) >= 11 is 0. The van der Waals surface area contributed by atoms with E-state index in [1.165, 1.54) is 83.5 Å². The Labute approximate surface area is 331 Å². The minimum atomic E-state index is 0.624. The lowest BCUT2D eigenvalue weighted by Gasteiger charge is -2.16. The number of hydrogen-bond acceptors (Lipinski definition) is 5. The Kier molecular flexibility index (Phi) is 8.46. The Bertz CT molecular complexity index is 2850. The molecule has 0 radical (unpaired) electrons. The van der Waals surface area contributed by atoms with E-state index in [-0.39, 0.29) is 0 Å². The van der Waals surface area contributed by atoms with Crippen LogP contribution in [0.15, 0.2) is 25.0 Å². The van der Waals surface area contributed by atoms with Gasteiger partial charge in [-0.3, -0.25) is 4.99 Å². The van der Waals surface area contributed by atoms with Gasteiger partial charge in [0.25, 0.3) is 0 Å². The van der Waals surface area contributed by atoms with E-state index in [0.717, 1.165) is 73.0 Å². The predicted octanol–water partition coefficient (Wildman–Crippen LogP) is 10.3. The van der Waals surface area contributed by atoms with Crippen LogP contribution in [0, 0.1) is 111 Å². The van der Waals surface area contributed by atoms with Gasteiger partial charge in [0.1, 0.15) is 23.3 Å². The second kappa shape index (κ2) is 12.7. The van der Waals surface area contributed by atoms with E-state index in [4.69, 9.17) is 30.7 Å². The fraction of sp³-hybridized carbons (Fsp3) is 0.354. The number of nitrogens with one attached hydrogen (secondary N) is 2. The van der Waals surface area contributed by atoms with Crippen molar-refractivity contribution in [2.75, 3.05) is 5.73 Å². The van der Waals surface area contributed by atoms with E-state index >= 15 is 0 Å². The molecule has 0 saturated heterocycles. The topological polar surface area (TPSA) is 116 Å². The Morgan fingerprint density at radius 1 is 0.429 bits per heavy atom. The molecule has 5 aromatic rings. The summed E-state index contributed by atoms with van der Waals surface area (Å²) in [7, 11) is 0. The number of nitrogens with two attached hydrogens (primary N) is 1. The van der Waals surface area contributed by atoms with Crippen LogP contribution >= 0.6 is 0 Å². The zero-order valence-electron chi connectivity index (χ0n) is 36.0. The van der Waals surface area contributed by atoms with Crippen LogP contribution in [0.2, 0.25) is 0 Å². The average Bonchev–Trinajstić information content (AvgIpc) is 3.93. The monoisotopic (exact) mass is 742 g/mol. The summed E-state index contributed by atoms with van der Waals surface area (Å²) in [6, 6.07) is 0. The molecule has 8 nitrogen and oxygen atoms in total. The minimum Gasteiger partial charge on any atom is -0.385 e. The van der Waals surface area contributed by atoms with Crippen molar-refractivity contribution in [1.29, 1.82) is 0 Å². The highest BCUT2D eigenvalue weighted by Gasteiger charge is 2.35. The van der Waals surface area contributed by atoms with Crippen LogP contribution in [0.3, 0.4) is 0 Å². The number of aliphatic imine (C=N–C) groups is 5. The standard InChI is InChI=1S/C48H54N8/c1-18-19(2)27(10)35-34(26(18)9)17-50-43(35)52-45-38-30(13)22(5)23(6)31(14)39(38)47(54-45)56-48-41-33(16)25(8)24(7)32(15)40(41)46(55-48)53-44-37-29(12)21(4)20(3)28(11)36(37)42(49)51-44/h51H,17,49H2,1-16H3,(H,50,52,53,54,55,56). The van der Waals surface area contributed by atoms with Gasteiger partial charge in [-0.05, 0) is 205 Å². The highest BCUT2D eigenvalue weighted by atomic mass is 15.1. The van der Waals surface area contributed by atoms with Crippen LogP contribution in [0.1, 0.15) is 122 Å². The number of nitrogen functional groups attached to an aromatic ring is 1. The molecule has 286 valence electrons. The zero-order valence-corrected chi connectivity index (χ0v) is 36.0. The van der Waals surface area contributed by atoms with Crippen LogP contribution in [-0.4, -0.2) is 34.2 Å². The molecule has 3 aliphatic heterocycles. The molecule has 4 aromatic carbocycles. The zero-order chi connectivity index (χ0) is 40.6. The Hall–Kier alpha value is -5.63. The quantitative estimate of drug-likeness (QED) is 0.159. The first-order valence-electron chi connectivity index (χ1n) is 19.7. The molecule has 0 spiro atoms. The number of aromatic amines is 1. The minimum absolute atomic E-state index is 0.624. The smallest absolute Gasteiger partial charge is 0.165 e. The van der Waals surface area contributed by atoms with Crippen LogP contribution in [0.5, 0.6) is 0 Å². The van der Waals surface area contributed by atoms with Crippen molar-refractivity contribution >= 4 is 51.6 Å². The number of H-pyrrole nitrogens is 1. The van der Waals surface area contributed by atoms with Gasteiger partial charge in [-0.1, -0.05) is 0 Å². The molecule has 56 heavy (non-hydrogen) atoms. The fourth-order valence-corrected chi connectivity index (χ4v) is 9.37. The number of fused-ring (bicyclic) bond motifs is 4. The molecule has 8 heteroatoms. The lowest BCUT2D eigenvalue weighted by atomic mass is 9.88. The third kappa shape index (κ3) is 5.00. The van der Waals surface area contributed by atoms with Crippen LogP contribution in [0.4, 0.5) is 11.6 Å². The summed E-state index contributed by atoms with van der Waals surface area (Å²) in [4.78, 5) is 29.9. The summed E-state index contributed by atoms with van der Waals surface area (Å²) < 4.78 is 0. The molecule has 0 aliphatic carbocycles. The number of amidine groups is 5. The van der Waals surface area contributed by atoms with Gasteiger partial charge in [0.05, 0.1) is 6.54 Å². The average molecular weight is 743 g/mol. The number of rotatable bonds is 1. The number of aromatic nitrogens is 1. The van der Waals surface area contributed by atoms with Crippen LogP contribution in [-0.2, 0) is 6.54 Å². The van der Waals surface area contributed by atoms with Gasteiger partial charge in [0, 0.05) is 38.6 Å². The van der Waals surface area contributed by atoms with Crippen LogP contribution in [0.25, 0.3) is 10.8 Å². The normalized spacial score (nSPS) is 16.7. The predicted molar refractivity (Wildman–Crippen MR) is 237 cm³/mol. The summed E-state index contributed by atoms with van der Waals surface area (Å²) in [6.07, 6.45) is 0. The van der Waals surface area contributed by atoms with Gasteiger partial charge < -0.3 is 16.0 Å². The highest BCUT2D eigenvalue weighted by Crippen LogP contribution is 2.41. The van der Waals surface area contributed by atoms with Crippen molar-refractivity contribution in [3.63, 3.8) is 0 Å². The lowest BCUT2D eigenvalue weighted by molar-refractivity contribution is 1.06. The van der Waals surface area contributed by atoms with Gasteiger partial charge >= 0.3 is 0 Å². The number of benzene rings is 4. The molecule has 0 bridgehead atoms. The van der Waals surface area contributed by atoms with Gasteiger partial charge in [-0.15, -0.1) is 0 Å². The molecule has 0 saturated carbocycles. The molecule has 0 atom stereocenters. The second-order valence-electron chi connectivity index (χ2n) is 16.5. The second-order valence-corrected chi connectivity index (χ2v) is 16.5. The van der Waals surface area contributed by atoms with Crippen LogP contribution < -0.4 is 11.1 Å². The van der Waals surface area contributed by atoms with E-state index in [1.54, 1.807) is 0 Å². The third-order valence-corrected chi connectivity index (χ3v) is 14.3. The maximum atomic E-state index is 6.68. The van der Waals surface area contributed by atoms with Crippen molar-refractivity contribution in [3.05, 3.63) is 122 Å². The Morgan fingerprint density at radius 3 is 1.41 bits per heavy atom. The van der Waals surface area contributed by atoms with Crippen molar-refractivity contribution in [1.82, 2.24) is 10.3 Å². The van der Waals surface area contributed by atoms with E-state index in [1.807, 2.05) is 0 Å². The molecule has 4 N–H and O–H groups in total. The number of anilines is 1. The molecule has 0 fully saturated rings. The van der Waals surface area contributed by atoms with E-state index in [2.05, 4.69) is 121 Å². The largest absolute Gasteiger partial charge is 0.385 e. The number of aryl methyl sites for hydroxylation is 2. The van der Waals surface area contributed by atoms with Gasteiger partial charge in [-0.25, -0.2) is 20.0 Å². The Morgan fingerprint density at radius 2 is 0.857 bits per heavy atom. The summed E-state index contributed by atoms with van der Waals surface area (Å²) in [6.45, 7) is 35.6. The highest BCUT2D eigenvalue weighted by molar-refractivity contribution is 6.34. The number of hydrogen-bond donors (Lipinski definition) is 3. The van der Waals surface area contributed by atoms with Crippen molar-refractivity contribution in [2.45, 2.75) is 117 Å². The van der Waals surface area contributed by atoms with Crippen molar-refractivity contribution < 1.29 is 0 Å². The SMILES string of the molecule is Cc1c(C)c(C)c2c(c1C)CN=C2N=C1NC(=NC2=N/C(=N\c3[nH]c(N)c4c(C)c(C)c(C)c(C)c34)c3c(C)c(C)c(C)c(C)c32)c2c(C)c(C)c(C)c(C)c21. The fourth-order valence-electron chi connectivity index (χ4n) is 9.37. The first-order chi connectivity index (χ1) is 26.4. The molecular formula is C48H54N8. The van der Waals surface area contributed by atoms with Gasteiger partial charge in [0.2, 0.25) is 0 Å². The lowest BCUT2D eigenvalue weighted by Crippen LogP contribution is -2.25. The van der Waals surface area contributed by atoms with E-state index in [0.29, 0.717) is 24.0 Å². The molecular weight excluding hydrogens is 689 g/mol. The van der Waals surface area contributed by atoms with Crippen molar-refractivity contribution in [3.8, 4) is 0 Å². The maximum absolute atomic E-state index is 6.68. The summed E-state index contributed by atoms with van der Waals surface area (Å²) in [5.74, 6) is 4.90. The van der Waals surface area contributed by atoms with E-state index < -0.39 is 0 Å². The molecule has 0 amide bonds. The molecule has 1 aromatic heterocycles. The summed E-state index contributed by atoms with van der Waals surface area (Å²) in [5.41, 5.74) is 32.9. The first-order valence-corrected chi connectivity index (χ1v) is 19.7. The summed E-state index contributed by atoms with van der Waals surface area (Å²) in [5, 5.41) is 5.79. The van der Waals surface area contributed by atoms with Gasteiger partial charge in [0.15, 0.2) is 17.5 Å². The molecule has 0 unspecified atom stereocenters. The maximum Gasteiger partial charge on any atom is 0.165 e. The molecule has 8 rings (SSSR count). The number of nitrogens with zero attached hydrogens (tertiary/aromatic N) is 5. The van der Waals surface area contributed by atoms with Crippen molar-refractivity contribution in [2.24, 2.45) is 25.0 Å². The molecule has 4 heterocycles. The van der Waals surface area contributed by atoms with Gasteiger partial charge in [-0.2, -0.15) is 0 Å². The Balaban J connectivity index is 1.36. The first kappa shape index (κ1) is 37.3. The molecule has 3 aliphatic rings.